The Morgan fingerprint density at radius 1 is 1.44 bits per heavy atom. The van der Waals surface area contributed by atoms with E-state index in [4.69, 9.17) is 16.1 Å². The van der Waals surface area contributed by atoms with Gasteiger partial charge in [0.25, 0.3) is 10.0 Å². The second kappa shape index (κ2) is 4.29. The number of nitrogens with zero attached hydrogens (tertiary/aromatic N) is 3. The highest BCUT2D eigenvalue weighted by Crippen LogP contribution is 2.26. The molecule has 98 valence electrons. The van der Waals surface area contributed by atoms with Crippen LogP contribution < -0.4 is 4.72 Å². The van der Waals surface area contributed by atoms with E-state index >= 15 is 0 Å². The maximum Gasteiger partial charge on any atom is 0.268 e. The van der Waals surface area contributed by atoms with Crippen molar-refractivity contribution in [1.82, 2.24) is 14.9 Å². The van der Waals surface area contributed by atoms with Crippen LogP contribution in [-0.2, 0) is 17.1 Å². The monoisotopic (exact) mass is 290 g/mol. The number of halogens is 1. The van der Waals surface area contributed by atoms with Gasteiger partial charge in [0.15, 0.2) is 5.82 Å². The normalized spacial score (nSPS) is 11.8. The maximum atomic E-state index is 12.1. The molecule has 0 atom stereocenters. The van der Waals surface area contributed by atoms with E-state index in [9.17, 15) is 8.42 Å². The van der Waals surface area contributed by atoms with Gasteiger partial charge in [0.2, 0.25) is 0 Å². The van der Waals surface area contributed by atoms with Gasteiger partial charge in [0, 0.05) is 13.1 Å². The zero-order chi connectivity index (χ0) is 13.5. The smallest absolute Gasteiger partial charge is 0.268 e. The summed E-state index contributed by atoms with van der Waals surface area (Å²) in [5, 5.41) is 7.54. The Balaban J connectivity index is 2.43. The highest BCUT2D eigenvalue weighted by atomic mass is 35.5. The van der Waals surface area contributed by atoms with Gasteiger partial charge in [-0.2, -0.15) is 5.10 Å². The topological polar surface area (TPSA) is 90.0 Å². The van der Waals surface area contributed by atoms with Crippen LogP contribution in [0.25, 0.3) is 0 Å². The predicted octanol–water partition coefficient (Wildman–Crippen LogP) is 1.48. The molecule has 2 aromatic heterocycles. The quantitative estimate of drug-likeness (QED) is 0.924. The summed E-state index contributed by atoms with van der Waals surface area (Å²) in [6.45, 7) is 3.22. The molecule has 0 aliphatic heterocycles. The van der Waals surface area contributed by atoms with Crippen molar-refractivity contribution in [2.45, 2.75) is 18.7 Å². The third kappa shape index (κ3) is 2.21. The van der Waals surface area contributed by atoms with Gasteiger partial charge in [-0.05, 0) is 13.8 Å². The molecule has 0 amide bonds. The van der Waals surface area contributed by atoms with E-state index in [2.05, 4.69) is 15.0 Å². The molecule has 0 unspecified atom stereocenters. The van der Waals surface area contributed by atoms with Crippen LogP contribution >= 0.6 is 11.6 Å². The molecule has 7 nitrogen and oxygen atoms in total. The Morgan fingerprint density at radius 2 is 2.11 bits per heavy atom. The summed E-state index contributed by atoms with van der Waals surface area (Å²) in [4.78, 5) is -0.0627. The lowest BCUT2D eigenvalue weighted by atomic mass is 10.5. The Hall–Kier alpha value is -1.54. The van der Waals surface area contributed by atoms with Crippen LogP contribution in [0.3, 0.4) is 0 Å². The van der Waals surface area contributed by atoms with Crippen molar-refractivity contribution in [1.29, 1.82) is 0 Å². The molecule has 0 spiro atoms. The molecule has 0 radical (unpaired) electrons. The van der Waals surface area contributed by atoms with Gasteiger partial charge in [0.05, 0.1) is 5.69 Å². The number of nitrogens with one attached hydrogen (secondary N) is 1. The SMILES string of the molecule is Cc1cc(NS(=O)(=O)c2c(C)nn(C)c2Cl)no1. The van der Waals surface area contributed by atoms with Crippen molar-refractivity contribution in [2.24, 2.45) is 7.05 Å². The van der Waals surface area contributed by atoms with Gasteiger partial charge >= 0.3 is 0 Å². The molecule has 2 heterocycles. The van der Waals surface area contributed by atoms with Crippen molar-refractivity contribution in [3.63, 3.8) is 0 Å². The number of aryl methyl sites for hydroxylation is 3. The van der Waals surface area contributed by atoms with Crippen molar-refractivity contribution in [3.05, 3.63) is 22.7 Å². The van der Waals surface area contributed by atoms with E-state index in [0.717, 1.165) is 0 Å². The van der Waals surface area contributed by atoms with Crippen LogP contribution in [0.5, 0.6) is 0 Å². The Bertz CT molecular complexity index is 689. The maximum absolute atomic E-state index is 12.1. The number of hydrogen-bond donors (Lipinski definition) is 1. The zero-order valence-corrected chi connectivity index (χ0v) is 11.5. The first-order chi connectivity index (χ1) is 8.31. The van der Waals surface area contributed by atoms with Crippen LogP contribution in [0, 0.1) is 13.8 Å². The minimum atomic E-state index is -3.83. The summed E-state index contributed by atoms with van der Waals surface area (Å²) in [6.07, 6.45) is 0. The summed E-state index contributed by atoms with van der Waals surface area (Å²) in [5.74, 6) is 0.605. The molecule has 0 saturated heterocycles. The lowest BCUT2D eigenvalue weighted by Gasteiger charge is -2.03. The van der Waals surface area contributed by atoms with Crippen LogP contribution in [0.4, 0.5) is 5.82 Å². The molecule has 0 aliphatic rings. The Labute approximate surface area is 109 Å². The molecular formula is C9H11ClN4O3S. The molecule has 0 aliphatic carbocycles. The van der Waals surface area contributed by atoms with E-state index in [1.54, 1.807) is 20.9 Å². The third-order valence-electron chi connectivity index (χ3n) is 2.24. The summed E-state index contributed by atoms with van der Waals surface area (Å²) in [5.41, 5.74) is 0.315. The molecule has 0 bridgehead atoms. The van der Waals surface area contributed by atoms with E-state index in [-0.39, 0.29) is 15.9 Å². The second-order valence-corrected chi connectivity index (χ2v) is 5.73. The van der Waals surface area contributed by atoms with Crippen LogP contribution in [0.15, 0.2) is 15.5 Å². The molecule has 18 heavy (non-hydrogen) atoms. The summed E-state index contributed by atoms with van der Waals surface area (Å²) < 4.78 is 32.6. The standard InChI is InChI=1S/C9H11ClN4O3S/c1-5-4-7(12-17-5)13-18(15,16)8-6(2)11-14(3)9(8)10/h4H,1-3H3,(H,12,13). The van der Waals surface area contributed by atoms with Gasteiger partial charge in [-0.25, -0.2) is 8.42 Å². The fourth-order valence-corrected chi connectivity index (χ4v) is 3.26. The summed E-state index contributed by atoms with van der Waals surface area (Å²) in [7, 11) is -2.26. The average Bonchev–Trinajstić information content (AvgIpc) is 2.72. The highest BCUT2D eigenvalue weighted by molar-refractivity contribution is 7.92. The fourth-order valence-electron chi connectivity index (χ4n) is 1.52. The Morgan fingerprint density at radius 3 is 2.56 bits per heavy atom. The molecular weight excluding hydrogens is 280 g/mol. The van der Waals surface area contributed by atoms with Gasteiger partial charge in [0.1, 0.15) is 15.8 Å². The summed E-state index contributed by atoms with van der Waals surface area (Å²) >= 11 is 5.91. The molecule has 1 N–H and O–H groups in total. The second-order valence-electron chi connectivity index (χ2n) is 3.76. The first-order valence-electron chi connectivity index (χ1n) is 4.96. The number of aromatic nitrogens is 3. The minimum absolute atomic E-state index is 0.0419. The van der Waals surface area contributed by atoms with Gasteiger partial charge in [-0.3, -0.25) is 9.40 Å². The van der Waals surface area contributed by atoms with Crippen LogP contribution in [0.1, 0.15) is 11.5 Å². The molecule has 9 heteroatoms. The number of anilines is 1. The minimum Gasteiger partial charge on any atom is -0.360 e. The van der Waals surface area contributed by atoms with Crippen molar-refractivity contribution >= 4 is 27.4 Å². The first-order valence-corrected chi connectivity index (χ1v) is 6.82. The molecule has 0 fully saturated rings. The number of rotatable bonds is 3. The molecule has 2 rings (SSSR count). The predicted molar refractivity (Wildman–Crippen MR) is 65.0 cm³/mol. The van der Waals surface area contributed by atoms with Crippen molar-refractivity contribution in [2.75, 3.05) is 4.72 Å². The number of hydrogen-bond acceptors (Lipinski definition) is 5. The summed E-state index contributed by atoms with van der Waals surface area (Å²) in [6, 6.07) is 1.47. The van der Waals surface area contributed by atoms with E-state index in [1.165, 1.54) is 10.7 Å². The zero-order valence-electron chi connectivity index (χ0n) is 9.93. The fraction of sp³-hybridized carbons (Fsp3) is 0.333. The first kappa shape index (κ1) is 12.9. The molecule has 0 aromatic carbocycles. The van der Waals surface area contributed by atoms with Crippen molar-refractivity contribution in [3.8, 4) is 0 Å². The largest absolute Gasteiger partial charge is 0.360 e. The highest BCUT2D eigenvalue weighted by Gasteiger charge is 2.26. The van der Waals surface area contributed by atoms with E-state index in [0.29, 0.717) is 11.5 Å². The van der Waals surface area contributed by atoms with E-state index in [1.807, 2.05) is 0 Å². The van der Waals surface area contributed by atoms with Gasteiger partial charge in [-0.15, -0.1) is 0 Å². The lowest BCUT2D eigenvalue weighted by Crippen LogP contribution is -2.14. The van der Waals surface area contributed by atoms with Gasteiger partial charge < -0.3 is 4.52 Å². The lowest BCUT2D eigenvalue weighted by molar-refractivity contribution is 0.400. The van der Waals surface area contributed by atoms with Crippen LogP contribution in [-0.4, -0.2) is 23.4 Å². The number of sulfonamides is 1. The Kier molecular flexibility index (Phi) is 3.07. The molecule has 2 aromatic rings. The van der Waals surface area contributed by atoms with Crippen LogP contribution in [0.2, 0.25) is 5.15 Å². The molecule has 0 saturated carbocycles. The van der Waals surface area contributed by atoms with Crippen molar-refractivity contribution < 1.29 is 12.9 Å². The van der Waals surface area contributed by atoms with Gasteiger partial charge in [-0.1, -0.05) is 16.8 Å². The third-order valence-corrected chi connectivity index (χ3v) is 4.29. The average molecular weight is 291 g/mol. The van der Waals surface area contributed by atoms with E-state index < -0.39 is 10.0 Å².